The fourth-order valence-corrected chi connectivity index (χ4v) is 2.09. The molecule has 2 aromatic heterocycles. The zero-order valence-corrected chi connectivity index (χ0v) is 8.98. The van der Waals surface area contributed by atoms with Crippen LogP contribution in [0.5, 0.6) is 0 Å². The normalized spacial score (nSPS) is 10.7. The van der Waals surface area contributed by atoms with Crippen LogP contribution >= 0.6 is 11.3 Å². The number of nitrogens with zero attached hydrogens (tertiary/aromatic N) is 2. The molecule has 0 bridgehead atoms. The van der Waals surface area contributed by atoms with Crippen LogP contribution in [0.4, 0.5) is 5.69 Å². The first-order valence-corrected chi connectivity index (χ1v) is 5.35. The first kappa shape index (κ1) is 9.21. The van der Waals surface area contributed by atoms with E-state index in [9.17, 15) is 0 Å². The summed E-state index contributed by atoms with van der Waals surface area (Å²) in [6.07, 6.45) is 0.858. The Labute approximate surface area is 86.2 Å². The van der Waals surface area contributed by atoms with Gasteiger partial charge in [-0.25, -0.2) is 4.98 Å². The Morgan fingerprint density at radius 2 is 2.36 bits per heavy atom. The van der Waals surface area contributed by atoms with Gasteiger partial charge in [0.2, 0.25) is 0 Å². The molecule has 0 saturated carbocycles. The molecule has 2 aromatic rings. The van der Waals surface area contributed by atoms with Crippen LogP contribution in [-0.4, -0.2) is 15.2 Å². The molecule has 14 heavy (non-hydrogen) atoms. The van der Waals surface area contributed by atoms with Crippen molar-refractivity contribution in [2.45, 2.75) is 20.3 Å². The number of thiophene rings is 1. The average Bonchev–Trinajstić information content (AvgIpc) is 2.75. The van der Waals surface area contributed by atoms with Crippen molar-refractivity contribution < 1.29 is 0 Å². The summed E-state index contributed by atoms with van der Waals surface area (Å²) < 4.78 is 0. The number of rotatable bonds is 2. The van der Waals surface area contributed by atoms with Gasteiger partial charge in [-0.1, -0.05) is 6.92 Å². The fourth-order valence-electron chi connectivity index (χ4n) is 1.18. The molecular formula is C9H12N4S. The molecule has 0 aliphatic carbocycles. The van der Waals surface area contributed by atoms with Gasteiger partial charge in [-0.15, -0.1) is 11.3 Å². The largest absolute Gasteiger partial charge is 0.397 e. The van der Waals surface area contributed by atoms with E-state index in [-0.39, 0.29) is 0 Å². The van der Waals surface area contributed by atoms with Crippen LogP contribution in [0.1, 0.15) is 18.3 Å². The first-order valence-electron chi connectivity index (χ1n) is 4.47. The van der Waals surface area contributed by atoms with Crippen molar-refractivity contribution in [3.05, 3.63) is 16.8 Å². The van der Waals surface area contributed by atoms with E-state index in [0.717, 1.165) is 28.4 Å². The maximum absolute atomic E-state index is 5.90. The molecule has 2 rings (SSSR count). The van der Waals surface area contributed by atoms with Gasteiger partial charge in [0.15, 0.2) is 5.82 Å². The molecule has 0 fully saturated rings. The summed E-state index contributed by atoms with van der Waals surface area (Å²) in [5.74, 6) is 1.60. The van der Waals surface area contributed by atoms with Gasteiger partial charge in [0, 0.05) is 6.42 Å². The number of nitrogens with one attached hydrogen (secondary N) is 1. The van der Waals surface area contributed by atoms with E-state index in [1.165, 1.54) is 0 Å². The number of hydrogen-bond donors (Lipinski definition) is 2. The topological polar surface area (TPSA) is 67.6 Å². The van der Waals surface area contributed by atoms with E-state index in [1.807, 2.05) is 19.2 Å². The monoisotopic (exact) mass is 208 g/mol. The van der Waals surface area contributed by atoms with Crippen molar-refractivity contribution >= 4 is 17.0 Å². The molecule has 0 spiro atoms. The van der Waals surface area contributed by atoms with Gasteiger partial charge in [0.1, 0.15) is 5.82 Å². The SMILES string of the molecule is CCc1nc(-c2scc(C)c2N)n[nH]1. The molecule has 0 amide bonds. The third-order valence-corrected chi connectivity index (χ3v) is 3.20. The third-order valence-electron chi connectivity index (χ3n) is 2.09. The van der Waals surface area contributed by atoms with E-state index in [2.05, 4.69) is 15.2 Å². The summed E-state index contributed by atoms with van der Waals surface area (Å²) in [7, 11) is 0. The maximum atomic E-state index is 5.90. The van der Waals surface area contributed by atoms with E-state index in [1.54, 1.807) is 11.3 Å². The third kappa shape index (κ3) is 1.39. The lowest BCUT2D eigenvalue weighted by Gasteiger charge is -1.92. The number of aryl methyl sites for hydroxylation is 2. The van der Waals surface area contributed by atoms with Crippen molar-refractivity contribution in [1.82, 2.24) is 15.2 Å². The van der Waals surface area contributed by atoms with Crippen LogP contribution in [0.2, 0.25) is 0 Å². The highest BCUT2D eigenvalue weighted by atomic mass is 32.1. The molecule has 0 aromatic carbocycles. The molecule has 0 aliphatic heterocycles. The van der Waals surface area contributed by atoms with E-state index in [4.69, 9.17) is 5.73 Å². The van der Waals surface area contributed by atoms with Gasteiger partial charge >= 0.3 is 0 Å². The molecule has 0 aliphatic rings. The van der Waals surface area contributed by atoms with Crippen LogP contribution in [0.15, 0.2) is 5.38 Å². The number of aromatic amines is 1. The average molecular weight is 208 g/mol. The maximum Gasteiger partial charge on any atom is 0.193 e. The molecule has 0 unspecified atom stereocenters. The second-order valence-electron chi connectivity index (χ2n) is 3.12. The fraction of sp³-hybridized carbons (Fsp3) is 0.333. The Hall–Kier alpha value is -1.36. The minimum Gasteiger partial charge on any atom is -0.397 e. The Balaban J connectivity index is 2.44. The van der Waals surface area contributed by atoms with Gasteiger partial charge in [-0.3, -0.25) is 5.10 Å². The molecule has 2 heterocycles. The van der Waals surface area contributed by atoms with Crippen molar-refractivity contribution in [1.29, 1.82) is 0 Å². The van der Waals surface area contributed by atoms with Crippen LogP contribution in [0, 0.1) is 6.92 Å². The summed E-state index contributed by atoms with van der Waals surface area (Å²) in [6.45, 7) is 4.02. The Morgan fingerprint density at radius 3 is 2.86 bits per heavy atom. The number of anilines is 1. The zero-order valence-electron chi connectivity index (χ0n) is 8.16. The molecule has 4 nitrogen and oxygen atoms in total. The quantitative estimate of drug-likeness (QED) is 0.793. The predicted octanol–water partition coefficient (Wildman–Crippen LogP) is 1.99. The highest BCUT2D eigenvalue weighted by Crippen LogP contribution is 2.32. The molecule has 5 heteroatoms. The van der Waals surface area contributed by atoms with Gasteiger partial charge in [0.25, 0.3) is 0 Å². The number of nitrogen functional groups attached to an aromatic ring is 1. The smallest absolute Gasteiger partial charge is 0.193 e. The van der Waals surface area contributed by atoms with Gasteiger partial charge in [-0.2, -0.15) is 5.10 Å². The van der Waals surface area contributed by atoms with Crippen LogP contribution in [0.25, 0.3) is 10.7 Å². The lowest BCUT2D eigenvalue weighted by atomic mass is 10.3. The van der Waals surface area contributed by atoms with Crippen molar-refractivity contribution in [2.24, 2.45) is 0 Å². The lowest BCUT2D eigenvalue weighted by Crippen LogP contribution is -1.88. The van der Waals surface area contributed by atoms with Crippen LogP contribution < -0.4 is 5.73 Å². The first-order chi connectivity index (χ1) is 6.72. The van der Waals surface area contributed by atoms with E-state index < -0.39 is 0 Å². The van der Waals surface area contributed by atoms with Crippen molar-refractivity contribution in [3.63, 3.8) is 0 Å². The Kier molecular flexibility index (Phi) is 2.25. The van der Waals surface area contributed by atoms with E-state index >= 15 is 0 Å². The minimum absolute atomic E-state index is 0.706. The number of H-pyrrole nitrogens is 1. The lowest BCUT2D eigenvalue weighted by molar-refractivity contribution is 0.946. The molecular weight excluding hydrogens is 196 g/mol. The number of nitrogens with two attached hydrogens (primary N) is 1. The molecule has 0 saturated heterocycles. The van der Waals surface area contributed by atoms with Crippen molar-refractivity contribution in [2.75, 3.05) is 5.73 Å². The predicted molar refractivity (Wildman–Crippen MR) is 58.2 cm³/mol. The van der Waals surface area contributed by atoms with Crippen LogP contribution in [-0.2, 0) is 6.42 Å². The standard InChI is InChI=1S/C9H12N4S/c1-3-6-11-9(13-12-6)8-7(10)5(2)4-14-8/h4H,3,10H2,1-2H3,(H,11,12,13). The second-order valence-corrected chi connectivity index (χ2v) is 4.00. The summed E-state index contributed by atoms with van der Waals surface area (Å²) >= 11 is 1.58. The minimum atomic E-state index is 0.706. The Morgan fingerprint density at radius 1 is 1.57 bits per heavy atom. The number of aromatic nitrogens is 3. The molecule has 74 valence electrons. The Bertz CT molecular complexity index is 443. The second kappa shape index (κ2) is 3.42. The molecule has 3 N–H and O–H groups in total. The highest BCUT2D eigenvalue weighted by molar-refractivity contribution is 7.14. The molecule has 0 radical (unpaired) electrons. The van der Waals surface area contributed by atoms with Crippen molar-refractivity contribution in [3.8, 4) is 10.7 Å². The van der Waals surface area contributed by atoms with Crippen LogP contribution in [0.3, 0.4) is 0 Å². The van der Waals surface area contributed by atoms with E-state index in [0.29, 0.717) is 5.82 Å². The summed E-state index contributed by atoms with van der Waals surface area (Å²) in [5.41, 5.74) is 7.78. The summed E-state index contributed by atoms with van der Waals surface area (Å²) in [5, 5.41) is 9.03. The zero-order chi connectivity index (χ0) is 10.1. The summed E-state index contributed by atoms with van der Waals surface area (Å²) in [6, 6.07) is 0. The van der Waals surface area contributed by atoms with Gasteiger partial charge < -0.3 is 5.73 Å². The van der Waals surface area contributed by atoms with Gasteiger partial charge in [0.05, 0.1) is 10.6 Å². The number of hydrogen-bond acceptors (Lipinski definition) is 4. The highest BCUT2D eigenvalue weighted by Gasteiger charge is 2.11. The summed E-state index contributed by atoms with van der Waals surface area (Å²) in [4.78, 5) is 5.29. The van der Waals surface area contributed by atoms with Gasteiger partial charge in [-0.05, 0) is 17.9 Å². The molecule has 0 atom stereocenters.